The molecule has 5 nitrogen and oxygen atoms in total. The first kappa shape index (κ1) is 11.8. The lowest BCUT2D eigenvalue weighted by Crippen LogP contribution is -2.56. The van der Waals surface area contributed by atoms with Gasteiger partial charge in [0.2, 0.25) is 5.91 Å². The number of hydrogen-bond acceptors (Lipinski definition) is 2. The van der Waals surface area contributed by atoms with Crippen molar-refractivity contribution in [1.82, 2.24) is 15.1 Å². The Balaban J connectivity index is 1.54. The number of nitrogens with one attached hydrogen (secondary N) is 1. The molecule has 0 radical (unpaired) electrons. The summed E-state index contributed by atoms with van der Waals surface area (Å²) in [6, 6.07) is 0.710. The number of carbonyl (C=O) groups excluding carboxylic acids is 2. The molecule has 1 N–H and O–H groups in total. The second-order valence-corrected chi connectivity index (χ2v) is 5.66. The van der Waals surface area contributed by atoms with Crippen molar-refractivity contribution in [1.29, 1.82) is 0 Å². The number of nitrogens with zero attached hydrogens (tertiary/aromatic N) is 2. The second kappa shape index (κ2) is 4.78. The third-order valence-electron chi connectivity index (χ3n) is 4.46. The molecule has 5 heteroatoms. The molecule has 0 aromatic heterocycles. The van der Waals surface area contributed by atoms with E-state index in [0.29, 0.717) is 32.1 Å². The second-order valence-electron chi connectivity index (χ2n) is 5.66. The van der Waals surface area contributed by atoms with Crippen LogP contribution in [0.2, 0.25) is 0 Å². The lowest BCUT2D eigenvalue weighted by atomic mass is 10.1. The highest BCUT2D eigenvalue weighted by Gasteiger charge is 2.37. The predicted octanol–water partition coefficient (Wildman–Crippen LogP) is 0.945. The summed E-state index contributed by atoms with van der Waals surface area (Å²) in [6.45, 7) is 2.10. The molecule has 3 aliphatic rings. The summed E-state index contributed by atoms with van der Waals surface area (Å²) in [6.07, 6.45) is 6.27. The van der Waals surface area contributed by atoms with Gasteiger partial charge in [-0.25, -0.2) is 4.79 Å². The Bertz CT molecular complexity index is 352. The quantitative estimate of drug-likeness (QED) is 0.754. The molecule has 2 heterocycles. The largest absolute Gasteiger partial charge is 0.336 e. The Hall–Kier alpha value is -1.26. The Morgan fingerprint density at radius 3 is 2.72 bits per heavy atom. The minimum atomic E-state index is 0.0703. The van der Waals surface area contributed by atoms with E-state index in [1.807, 2.05) is 9.80 Å². The van der Waals surface area contributed by atoms with Gasteiger partial charge in [-0.15, -0.1) is 0 Å². The summed E-state index contributed by atoms with van der Waals surface area (Å²) >= 11 is 0. The van der Waals surface area contributed by atoms with Crippen molar-refractivity contribution in [2.45, 2.75) is 50.6 Å². The maximum atomic E-state index is 12.1. The van der Waals surface area contributed by atoms with Crippen LogP contribution in [-0.4, -0.2) is 53.5 Å². The van der Waals surface area contributed by atoms with Crippen LogP contribution in [0, 0.1) is 0 Å². The average Bonchev–Trinajstić information content (AvgIpc) is 2.99. The van der Waals surface area contributed by atoms with Crippen molar-refractivity contribution in [3.05, 3.63) is 0 Å². The van der Waals surface area contributed by atoms with Crippen molar-refractivity contribution >= 4 is 11.9 Å². The van der Waals surface area contributed by atoms with Gasteiger partial charge in [-0.2, -0.15) is 0 Å². The molecule has 0 aromatic rings. The molecular formula is C13H21N3O2. The topological polar surface area (TPSA) is 52.7 Å². The van der Waals surface area contributed by atoms with Crippen LogP contribution < -0.4 is 5.32 Å². The van der Waals surface area contributed by atoms with Crippen LogP contribution in [-0.2, 0) is 4.79 Å². The van der Waals surface area contributed by atoms with Gasteiger partial charge in [0, 0.05) is 38.1 Å². The molecule has 1 aliphatic carbocycles. The van der Waals surface area contributed by atoms with E-state index >= 15 is 0 Å². The molecule has 0 aromatic carbocycles. The van der Waals surface area contributed by atoms with Crippen LogP contribution in [0.3, 0.4) is 0 Å². The van der Waals surface area contributed by atoms with Gasteiger partial charge < -0.3 is 15.1 Å². The summed E-state index contributed by atoms with van der Waals surface area (Å²) in [5, 5.41) is 3.12. The number of hydrogen-bond donors (Lipinski definition) is 1. The Morgan fingerprint density at radius 1 is 1.17 bits per heavy atom. The van der Waals surface area contributed by atoms with Gasteiger partial charge in [0.1, 0.15) is 0 Å². The zero-order valence-corrected chi connectivity index (χ0v) is 10.7. The van der Waals surface area contributed by atoms with Crippen LogP contribution >= 0.6 is 0 Å². The van der Waals surface area contributed by atoms with E-state index in [9.17, 15) is 9.59 Å². The highest BCUT2D eigenvalue weighted by molar-refractivity contribution is 5.80. The molecule has 0 spiro atoms. The van der Waals surface area contributed by atoms with Crippen LogP contribution in [0.25, 0.3) is 0 Å². The maximum Gasteiger partial charge on any atom is 0.317 e. The predicted molar refractivity (Wildman–Crippen MR) is 67.1 cm³/mol. The van der Waals surface area contributed by atoms with Crippen molar-refractivity contribution in [3.8, 4) is 0 Å². The smallest absolute Gasteiger partial charge is 0.317 e. The number of amides is 3. The third kappa shape index (κ3) is 2.18. The highest BCUT2D eigenvalue weighted by atomic mass is 16.2. The number of piperazine rings is 1. The third-order valence-corrected chi connectivity index (χ3v) is 4.46. The van der Waals surface area contributed by atoms with E-state index < -0.39 is 0 Å². The minimum Gasteiger partial charge on any atom is -0.336 e. The van der Waals surface area contributed by atoms with E-state index in [-0.39, 0.29) is 18.0 Å². The summed E-state index contributed by atoms with van der Waals surface area (Å²) in [4.78, 5) is 27.5. The normalized spacial score (nSPS) is 28.7. The van der Waals surface area contributed by atoms with Crippen molar-refractivity contribution < 1.29 is 9.59 Å². The Kier molecular flexibility index (Phi) is 3.14. The molecule has 3 rings (SSSR count). The van der Waals surface area contributed by atoms with E-state index in [0.717, 1.165) is 19.3 Å². The van der Waals surface area contributed by atoms with E-state index in [1.54, 1.807) is 0 Å². The molecule has 3 fully saturated rings. The van der Waals surface area contributed by atoms with Gasteiger partial charge in [-0.1, -0.05) is 12.8 Å². The highest BCUT2D eigenvalue weighted by Crippen LogP contribution is 2.23. The molecule has 2 aliphatic heterocycles. The number of urea groups is 1. The van der Waals surface area contributed by atoms with Crippen LogP contribution in [0.5, 0.6) is 0 Å². The number of carbonyl (C=O) groups is 2. The Morgan fingerprint density at radius 2 is 1.94 bits per heavy atom. The fraction of sp³-hybridized carbons (Fsp3) is 0.846. The monoisotopic (exact) mass is 251 g/mol. The van der Waals surface area contributed by atoms with E-state index in [4.69, 9.17) is 0 Å². The number of fused-ring (bicyclic) bond motifs is 1. The SMILES string of the molecule is O=C(NC1CCCC1)N1CCN2C(=O)CCC2C1. The summed E-state index contributed by atoms with van der Waals surface area (Å²) in [7, 11) is 0. The Labute approximate surface area is 107 Å². The van der Waals surface area contributed by atoms with Gasteiger partial charge in [-0.05, 0) is 19.3 Å². The standard InChI is InChI=1S/C13H21N3O2/c17-12-6-5-11-9-15(7-8-16(11)12)13(18)14-10-3-1-2-4-10/h10-11H,1-9H2,(H,14,18). The minimum absolute atomic E-state index is 0.0703. The molecule has 1 saturated carbocycles. The molecule has 18 heavy (non-hydrogen) atoms. The molecule has 100 valence electrons. The van der Waals surface area contributed by atoms with Gasteiger partial charge in [0.05, 0.1) is 0 Å². The summed E-state index contributed by atoms with van der Waals surface area (Å²) in [5.41, 5.74) is 0. The fourth-order valence-corrected chi connectivity index (χ4v) is 3.38. The maximum absolute atomic E-state index is 12.1. The first-order valence-electron chi connectivity index (χ1n) is 7.09. The van der Waals surface area contributed by atoms with E-state index in [1.165, 1.54) is 12.8 Å². The molecule has 1 atom stereocenters. The molecule has 0 bridgehead atoms. The summed E-state index contributed by atoms with van der Waals surface area (Å²) in [5.74, 6) is 0.260. The van der Waals surface area contributed by atoms with Gasteiger partial charge in [0.25, 0.3) is 0 Å². The zero-order chi connectivity index (χ0) is 12.5. The fourth-order valence-electron chi connectivity index (χ4n) is 3.38. The summed E-state index contributed by atoms with van der Waals surface area (Å²) < 4.78 is 0. The lowest BCUT2D eigenvalue weighted by molar-refractivity contribution is -0.130. The van der Waals surface area contributed by atoms with Crippen molar-refractivity contribution in [2.75, 3.05) is 19.6 Å². The van der Waals surface area contributed by atoms with E-state index in [2.05, 4.69) is 5.32 Å². The van der Waals surface area contributed by atoms with Gasteiger partial charge in [0.15, 0.2) is 0 Å². The first-order valence-corrected chi connectivity index (χ1v) is 7.09. The molecule has 2 saturated heterocycles. The van der Waals surface area contributed by atoms with Gasteiger partial charge >= 0.3 is 6.03 Å². The average molecular weight is 251 g/mol. The zero-order valence-electron chi connectivity index (χ0n) is 10.7. The van der Waals surface area contributed by atoms with Crippen molar-refractivity contribution in [2.24, 2.45) is 0 Å². The first-order chi connectivity index (χ1) is 8.74. The molecule has 3 amide bonds. The molecule has 1 unspecified atom stereocenters. The van der Waals surface area contributed by atoms with Gasteiger partial charge in [-0.3, -0.25) is 4.79 Å². The number of rotatable bonds is 1. The van der Waals surface area contributed by atoms with Crippen molar-refractivity contribution in [3.63, 3.8) is 0 Å². The van der Waals surface area contributed by atoms with Crippen LogP contribution in [0.4, 0.5) is 4.79 Å². The van der Waals surface area contributed by atoms with Crippen LogP contribution in [0.1, 0.15) is 38.5 Å². The van der Waals surface area contributed by atoms with Crippen LogP contribution in [0.15, 0.2) is 0 Å². The molecular weight excluding hydrogens is 230 g/mol. The lowest BCUT2D eigenvalue weighted by Gasteiger charge is -2.37.